The van der Waals surface area contributed by atoms with Crippen LogP contribution in [0.3, 0.4) is 0 Å². The quantitative estimate of drug-likeness (QED) is 0.833. The van der Waals surface area contributed by atoms with Crippen LogP contribution in [0.5, 0.6) is 0 Å². The molecular formula is C17H33N3O. The molecule has 4 nitrogen and oxygen atoms in total. The first-order chi connectivity index (χ1) is 10.2. The van der Waals surface area contributed by atoms with E-state index in [1.54, 1.807) is 0 Å². The van der Waals surface area contributed by atoms with E-state index in [0.29, 0.717) is 6.10 Å². The first-order valence-corrected chi connectivity index (χ1v) is 8.92. The molecule has 0 aromatic carbocycles. The monoisotopic (exact) mass is 295 g/mol. The van der Waals surface area contributed by atoms with Gasteiger partial charge in [0.05, 0.1) is 6.10 Å². The van der Waals surface area contributed by atoms with Gasteiger partial charge >= 0.3 is 0 Å². The van der Waals surface area contributed by atoms with E-state index in [1.807, 2.05) is 7.11 Å². The minimum atomic E-state index is 0.520. The zero-order valence-corrected chi connectivity index (χ0v) is 13.9. The zero-order valence-electron chi connectivity index (χ0n) is 13.9. The average molecular weight is 295 g/mol. The topological polar surface area (TPSA) is 27.7 Å². The number of hydrogen-bond acceptors (Lipinski definition) is 4. The molecule has 0 unspecified atom stereocenters. The molecule has 2 saturated heterocycles. The normalized spacial score (nSPS) is 34.0. The highest BCUT2D eigenvalue weighted by atomic mass is 16.5. The second-order valence-electron chi connectivity index (χ2n) is 7.51. The predicted molar refractivity (Wildman–Crippen MR) is 86.6 cm³/mol. The fraction of sp³-hybridized carbons (Fsp3) is 1.00. The molecule has 0 atom stereocenters. The van der Waals surface area contributed by atoms with Gasteiger partial charge in [-0.2, -0.15) is 0 Å². The lowest BCUT2D eigenvalue weighted by molar-refractivity contribution is 0.0109. The van der Waals surface area contributed by atoms with Crippen LogP contribution < -0.4 is 5.32 Å². The van der Waals surface area contributed by atoms with Gasteiger partial charge in [0.2, 0.25) is 0 Å². The summed E-state index contributed by atoms with van der Waals surface area (Å²) in [5.74, 6) is 0.944. The molecule has 2 aliphatic heterocycles. The van der Waals surface area contributed by atoms with Crippen LogP contribution in [0.25, 0.3) is 0 Å². The van der Waals surface area contributed by atoms with Crippen molar-refractivity contribution in [3.05, 3.63) is 0 Å². The number of nitrogens with zero attached hydrogens (tertiary/aromatic N) is 2. The number of hydrogen-bond donors (Lipinski definition) is 1. The van der Waals surface area contributed by atoms with Crippen molar-refractivity contribution in [2.24, 2.45) is 5.92 Å². The van der Waals surface area contributed by atoms with E-state index in [4.69, 9.17) is 4.74 Å². The van der Waals surface area contributed by atoms with Crippen LogP contribution >= 0.6 is 0 Å². The van der Waals surface area contributed by atoms with Crippen LogP contribution in [0.2, 0.25) is 0 Å². The summed E-state index contributed by atoms with van der Waals surface area (Å²) >= 11 is 0. The van der Waals surface area contributed by atoms with Gasteiger partial charge in [0.1, 0.15) is 0 Å². The van der Waals surface area contributed by atoms with Crippen LogP contribution in [0, 0.1) is 5.92 Å². The van der Waals surface area contributed by atoms with Crippen molar-refractivity contribution in [1.29, 1.82) is 0 Å². The van der Waals surface area contributed by atoms with Crippen molar-refractivity contribution >= 4 is 0 Å². The van der Waals surface area contributed by atoms with Gasteiger partial charge in [-0.15, -0.1) is 0 Å². The largest absolute Gasteiger partial charge is 0.381 e. The highest BCUT2D eigenvalue weighted by molar-refractivity contribution is 4.90. The van der Waals surface area contributed by atoms with Crippen LogP contribution in [0.1, 0.15) is 38.5 Å². The van der Waals surface area contributed by atoms with Crippen LogP contribution in [-0.4, -0.2) is 74.9 Å². The van der Waals surface area contributed by atoms with Gasteiger partial charge in [-0.05, 0) is 77.7 Å². The maximum Gasteiger partial charge on any atom is 0.0601 e. The Morgan fingerprint density at radius 2 is 1.62 bits per heavy atom. The maximum atomic E-state index is 5.36. The molecule has 2 heterocycles. The van der Waals surface area contributed by atoms with E-state index in [2.05, 4.69) is 22.2 Å². The fourth-order valence-electron chi connectivity index (χ4n) is 4.12. The molecule has 3 rings (SSSR count). The fourth-order valence-corrected chi connectivity index (χ4v) is 4.12. The predicted octanol–water partition coefficient (Wildman–Crippen LogP) is 1.56. The van der Waals surface area contributed by atoms with Gasteiger partial charge in [-0.1, -0.05) is 0 Å². The molecule has 1 aliphatic carbocycles. The van der Waals surface area contributed by atoms with Gasteiger partial charge < -0.3 is 19.9 Å². The Bertz CT molecular complexity index is 303. The third kappa shape index (κ3) is 4.41. The molecule has 3 fully saturated rings. The van der Waals surface area contributed by atoms with Crippen molar-refractivity contribution in [3.8, 4) is 0 Å². The lowest BCUT2D eigenvalue weighted by Gasteiger charge is -2.41. The molecule has 1 saturated carbocycles. The summed E-state index contributed by atoms with van der Waals surface area (Å²) in [5.41, 5.74) is 0. The summed E-state index contributed by atoms with van der Waals surface area (Å²) in [4.78, 5) is 5.19. The number of rotatable bonds is 5. The van der Waals surface area contributed by atoms with E-state index in [9.17, 15) is 0 Å². The average Bonchev–Trinajstić information content (AvgIpc) is 2.46. The first kappa shape index (κ1) is 15.7. The Labute approximate surface area is 130 Å². The highest BCUT2D eigenvalue weighted by Gasteiger charge is 2.31. The van der Waals surface area contributed by atoms with Gasteiger partial charge in [0.25, 0.3) is 0 Å². The first-order valence-electron chi connectivity index (χ1n) is 8.92. The number of ether oxygens (including phenoxy) is 1. The summed E-state index contributed by atoms with van der Waals surface area (Å²) in [6.45, 7) is 6.53. The van der Waals surface area contributed by atoms with Gasteiger partial charge in [0, 0.05) is 25.7 Å². The van der Waals surface area contributed by atoms with E-state index < -0.39 is 0 Å². The molecule has 0 spiro atoms. The van der Waals surface area contributed by atoms with Gasteiger partial charge in [0.15, 0.2) is 0 Å². The SMILES string of the molecule is COC1CC(NC2CCN(CC3CCN(C)CC3)CC2)C1. The number of likely N-dealkylation sites (tertiary alicyclic amines) is 2. The van der Waals surface area contributed by atoms with Crippen molar-refractivity contribution in [3.63, 3.8) is 0 Å². The summed E-state index contributed by atoms with van der Waals surface area (Å²) in [6, 6.07) is 1.47. The van der Waals surface area contributed by atoms with Crippen LogP contribution in [0.15, 0.2) is 0 Å². The van der Waals surface area contributed by atoms with Crippen molar-refractivity contribution < 1.29 is 4.74 Å². The Kier molecular flexibility index (Phi) is 5.54. The third-order valence-corrected chi connectivity index (χ3v) is 5.84. The lowest BCUT2D eigenvalue weighted by Crippen LogP contribution is -2.52. The van der Waals surface area contributed by atoms with Gasteiger partial charge in [-0.3, -0.25) is 0 Å². The van der Waals surface area contributed by atoms with Crippen molar-refractivity contribution in [1.82, 2.24) is 15.1 Å². The molecule has 4 heteroatoms. The van der Waals surface area contributed by atoms with E-state index in [0.717, 1.165) is 18.0 Å². The molecule has 0 amide bonds. The standard InChI is InChI=1S/C17H33N3O/c1-19-7-3-14(4-8-19)13-20-9-5-15(6-10-20)18-16-11-17(12-16)21-2/h14-18H,3-13H2,1-2H3. The second kappa shape index (κ2) is 7.40. The molecule has 3 aliphatic rings. The minimum absolute atomic E-state index is 0.520. The molecule has 122 valence electrons. The number of piperidine rings is 2. The Hall–Kier alpha value is -0.160. The Morgan fingerprint density at radius 1 is 0.952 bits per heavy atom. The van der Waals surface area contributed by atoms with Crippen LogP contribution in [0.4, 0.5) is 0 Å². The molecule has 21 heavy (non-hydrogen) atoms. The maximum absolute atomic E-state index is 5.36. The third-order valence-electron chi connectivity index (χ3n) is 5.84. The zero-order chi connectivity index (χ0) is 14.7. The summed E-state index contributed by atoms with van der Waals surface area (Å²) < 4.78 is 5.36. The van der Waals surface area contributed by atoms with Gasteiger partial charge in [-0.25, -0.2) is 0 Å². The number of nitrogens with one attached hydrogen (secondary N) is 1. The minimum Gasteiger partial charge on any atom is -0.381 e. The molecule has 0 aromatic rings. The van der Waals surface area contributed by atoms with Crippen molar-refractivity contribution in [2.75, 3.05) is 46.9 Å². The molecular weight excluding hydrogens is 262 g/mol. The molecule has 0 bridgehead atoms. The number of methoxy groups -OCH3 is 1. The Morgan fingerprint density at radius 3 is 2.24 bits per heavy atom. The van der Waals surface area contributed by atoms with E-state index in [1.165, 1.54) is 71.2 Å². The van der Waals surface area contributed by atoms with Crippen LogP contribution in [-0.2, 0) is 4.74 Å². The summed E-state index contributed by atoms with van der Waals surface area (Å²) in [5, 5.41) is 3.84. The molecule has 0 aromatic heterocycles. The molecule has 1 N–H and O–H groups in total. The smallest absolute Gasteiger partial charge is 0.0601 e. The lowest BCUT2D eigenvalue weighted by atomic mass is 9.87. The second-order valence-corrected chi connectivity index (χ2v) is 7.51. The van der Waals surface area contributed by atoms with Crippen molar-refractivity contribution in [2.45, 2.75) is 56.7 Å². The highest BCUT2D eigenvalue weighted by Crippen LogP contribution is 2.25. The Balaban J connectivity index is 1.30. The van der Waals surface area contributed by atoms with E-state index in [-0.39, 0.29) is 0 Å². The molecule has 0 radical (unpaired) electrons. The van der Waals surface area contributed by atoms with E-state index >= 15 is 0 Å². The summed E-state index contributed by atoms with van der Waals surface area (Å²) in [6.07, 6.45) is 8.41. The summed E-state index contributed by atoms with van der Waals surface area (Å²) in [7, 11) is 4.09.